The highest BCUT2D eigenvalue weighted by molar-refractivity contribution is 5.74. The van der Waals surface area contributed by atoms with Crippen molar-refractivity contribution in [2.24, 2.45) is 4.99 Å². The minimum absolute atomic E-state index is 0.748. The van der Waals surface area contributed by atoms with Gasteiger partial charge in [-0.1, -0.05) is 13.8 Å². The van der Waals surface area contributed by atoms with Gasteiger partial charge in [-0.3, -0.25) is 9.98 Å². The maximum absolute atomic E-state index is 4.05. The van der Waals surface area contributed by atoms with E-state index in [0.29, 0.717) is 0 Å². The lowest BCUT2D eigenvalue weighted by Gasteiger charge is -1.99. The van der Waals surface area contributed by atoms with Crippen LogP contribution in [0.3, 0.4) is 0 Å². The van der Waals surface area contributed by atoms with E-state index < -0.39 is 0 Å². The number of anilines is 1. The molecule has 0 bridgehead atoms. The summed E-state index contributed by atoms with van der Waals surface area (Å²) in [5.74, 6) is 0.748. The second-order valence-electron chi connectivity index (χ2n) is 2.02. The molecule has 0 aliphatic heterocycles. The van der Waals surface area contributed by atoms with Gasteiger partial charge in [0.05, 0.1) is 12.0 Å². The highest BCUT2D eigenvalue weighted by Crippen LogP contribution is 2.03. The van der Waals surface area contributed by atoms with E-state index in [1.807, 2.05) is 20.8 Å². The molecule has 0 atom stereocenters. The van der Waals surface area contributed by atoms with Gasteiger partial charge in [0, 0.05) is 19.4 Å². The first kappa shape index (κ1) is 11.6. The molecule has 0 saturated carbocycles. The molecular formula is C9H16N4. The molecule has 0 aliphatic carbocycles. The number of aliphatic imine (C=N–C) groups is 1. The van der Waals surface area contributed by atoms with Crippen LogP contribution in [0.4, 0.5) is 5.82 Å². The normalized spacial score (nSPS) is 9.23. The van der Waals surface area contributed by atoms with Crippen LogP contribution in [0.25, 0.3) is 0 Å². The van der Waals surface area contributed by atoms with Crippen molar-refractivity contribution in [1.29, 1.82) is 0 Å². The molecule has 1 aromatic rings. The quantitative estimate of drug-likeness (QED) is 0.558. The first-order valence-electron chi connectivity index (χ1n) is 4.29. The molecular weight excluding hydrogens is 164 g/mol. The summed E-state index contributed by atoms with van der Waals surface area (Å²) in [6.07, 6.45) is 4.87. The van der Waals surface area contributed by atoms with E-state index in [9.17, 15) is 0 Å². The predicted octanol–water partition coefficient (Wildman–Crippen LogP) is 1.88. The van der Waals surface area contributed by atoms with Gasteiger partial charge in [-0.15, -0.1) is 0 Å². The van der Waals surface area contributed by atoms with Crippen LogP contribution in [0.2, 0.25) is 0 Å². The number of aryl methyl sites for hydroxylation is 1. The summed E-state index contributed by atoms with van der Waals surface area (Å²) in [7, 11) is 1.69. The smallest absolute Gasteiger partial charge is 0.152 e. The van der Waals surface area contributed by atoms with Crippen LogP contribution in [0, 0.1) is 6.92 Å². The van der Waals surface area contributed by atoms with E-state index in [-0.39, 0.29) is 0 Å². The predicted molar refractivity (Wildman–Crippen MR) is 56.2 cm³/mol. The van der Waals surface area contributed by atoms with E-state index in [1.165, 1.54) is 0 Å². The summed E-state index contributed by atoms with van der Waals surface area (Å²) >= 11 is 0. The summed E-state index contributed by atoms with van der Waals surface area (Å²) in [6.45, 7) is 5.89. The molecule has 1 aromatic heterocycles. The molecule has 0 radical (unpaired) electrons. The third-order valence-corrected chi connectivity index (χ3v) is 1.21. The second kappa shape index (κ2) is 7.21. The summed E-state index contributed by atoms with van der Waals surface area (Å²) in [5.41, 5.74) is 0.868. The first-order valence-corrected chi connectivity index (χ1v) is 4.29. The molecule has 0 spiro atoms. The Hall–Kier alpha value is -1.45. The fourth-order valence-corrected chi connectivity index (χ4v) is 0.675. The molecule has 0 saturated heterocycles. The van der Waals surface area contributed by atoms with E-state index in [4.69, 9.17) is 0 Å². The lowest BCUT2D eigenvalue weighted by Crippen LogP contribution is -2.00. The summed E-state index contributed by atoms with van der Waals surface area (Å²) in [4.78, 5) is 11.9. The average molecular weight is 180 g/mol. The minimum Gasteiger partial charge on any atom is -0.330 e. The molecule has 0 unspecified atom stereocenters. The molecule has 72 valence electrons. The molecule has 0 aromatic carbocycles. The molecule has 0 fully saturated rings. The average Bonchev–Trinajstić information content (AvgIpc) is 2.20. The lowest BCUT2D eigenvalue weighted by molar-refractivity contribution is 1.12. The van der Waals surface area contributed by atoms with Gasteiger partial charge in [0.25, 0.3) is 0 Å². The van der Waals surface area contributed by atoms with Crippen LogP contribution in [0.5, 0.6) is 0 Å². The van der Waals surface area contributed by atoms with Crippen molar-refractivity contribution in [2.45, 2.75) is 20.8 Å². The molecule has 4 heteroatoms. The van der Waals surface area contributed by atoms with Crippen LogP contribution >= 0.6 is 0 Å². The van der Waals surface area contributed by atoms with E-state index in [1.54, 1.807) is 25.8 Å². The fraction of sp³-hybridized carbons (Fsp3) is 0.444. The van der Waals surface area contributed by atoms with Crippen molar-refractivity contribution in [3.63, 3.8) is 0 Å². The standard InChI is InChI=1S/C7H10N4.C2H6/c1-6-7(11-5-8-2)10-4-3-9-6;1-2/h3-5H,1-2H3,(H,8,10,11);1-2H3. The largest absolute Gasteiger partial charge is 0.330 e. The van der Waals surface area contributed by atoms with E-state index >= 15 is 0 Å². The van der Waals surface area contributed by atoms with Gasteiger partial charge in [-0.25, -0.2) is 4.98 Å². The zero-order valence-electron chi connectivity index (χ0n) is 8.57. The molecule has 1 N–H and O–H groups in total. The molecule has 1 rings (SSSR count). The SMILES string of the molecule is CC.CN=CNc1nccnc1C. The van der Waals surface area contributed by atoms with E-state index in [2.05, 4.69) is 20.3 Å². The number of hydrogen-bond acceptors (Lipinski definition) is 3. The van der Waals surface area contributed by atoms with Crippen molar-refractivity contribution in [2.75, 3.05) is 12.4 Å². The van der Waals surface area contributed by atoms with Gasteiger partial charge in [-0.2, -0.15) is 0 Å². The zero-order valence-corrected chi connectivity index (χ0v) is 8.57. The molecule has 1 heterocycles. The Balaban J connectivity index is 0.000000671. The maximum Gasteiger partial charge on any atom is 0.152 e. The second-order valence-corrected chi connectivity index (χ2v) is 2.02. The van der Waals surface area contributed by atoms with Crippen LogP contribution in [-0.4, -0.2) is 23.4 Å². The van der Waals surface area contributed by atoms with Crippen molar-refractivity contribution < 1.29 is 0 Å². The Labute approximate surface area is 79.1 Å². The van der Waals surface area contributed by atoms with Crippen molar-refractivity contribution >= 4 is 12.2 Å². The summed E-state index contributed by atoms with van der Waals surface area (Å²) < 4.78 is 0. The third-order valence-electron chi connectivity index (χ3n) is 1.21. The number of aromatic nitrogens is 2. The Kier molecular flexibility index (Phi) is 6.41. The highest BCUT2D eigenvalue weighted by Gasteiger charge is 1.94. The van der Waals surface area contributed by atoms with Gasteiger partial charge in [-0.05, 0) is 6.92 Å². The van der Waals surface area contributed by atoms with Gasteiger partial charge >= 0.3 is 0 Å². The van der Waals surface area contributed by atoms with E-state index in [0.717, 1.165) is 11.5 Å². The topological polar surface area (TPSA) is 50.2 Å². The molecule has 13 heavy (non-hydrogen) atoms. The maximum atomic E-state index is 4.05. The van der Waals surface area contributed by atoms with Crippen molar-refractivity contribution in [1.82, 2.24) is 9.97 Å². The van der Waals surface area contributed by atoms with Crippen LogP contribution in [0.1, 0.15) is 19.5 Å². The molecule has 4 nitrogen and oxygen atoms in total. The van der Waals surface area contributed by atoms with Gasteiger partial charge in [0.2, 0.25) is 0 Å². The van der Waals surface area contributed by atoms with Crippen molar-refractivity contribution in [3.05, 3.63) is 18.1 Å². The van der Waals surface area contributed by atoms with Crippen molar-refractivity contribution in [3.8, 4) is 0 Å². The fourth-order valence-electron chi connectivity index (χ4n) is 0.675. The molecule has 0 aliphatic rings. The number of hydrogen-bond donors (Lipinski definition) is 1. The number of rotatable bonds is 2. The van der Waals surface area contributed by atoms with Crippen LogP contribution < -0.4 is 5.32 Å². The highest BCUT2D eigenvalue weighted by atomic mass is 15.0. The van der Waals surface area contributed by atoms with Gasteiger partial charge in [0.1, 0.15) is 0 Å². The van der Waals surface area contributed by atoms with Crippen LogP contribution in [0.15, 0.2) is 17.4 Å². The van der Waals surface area contributed by atoms with Crippen LogP contribution in [-0.2, 0) is 0 Å². The zero-order chi connectivity index (χ0) is 10.1. The number of nitrogens with zero attached hydrogens (tertiary/aromatic N) is 3. The Morgan fingerprint density at radius 2 is 1.92 bits per heavy atom. The Bertz CT molecular complexity index is 258. The summed E-state index contributed by atoms with van der Waals surface area (Å²) in [6, 6.07) is 0. The first-order chi connectivity index (χ1) is 6.34. The summed E-state index contributed by atoms with van der Waals surface area (Å²) in [5, 5.41) is 2.90. The lowest BCUT2D eigenvalue weighted by atomic mass is 10.4. The number of nitrogens with one attached hydrogen (secondary N) is 1. The van der Waals surface area contributed by atoms with Gasteiger partial charge in [0.15, 0.2) is 5.82 Å². The molecule has 0 amide bonds. The monoisotopic (exact) mass is 180 g/mol. The minimum atomic E-state index is 0.748. The van der Waals surface area contributed by atoms with Gasteiger partial charge < -0.3 is 5.32 Å². The Morgan fingerprint density at radius 3 is 2.46 bits per heavy atom. The Morgan fingerprint density at radius 1 is 1.31 bits per heavy atom. The third kappa shape index (κ3) is 4.20.